The van der Waals surface area contributed by atoms with Crippen molar-refractivity contribution < 1.29 is 14.7 Å². The largest absolute Gasteiger partial charge is 0.478 e. The number of aliphatic carboxylic acids is 1. The van der Waals surface area contributed by atoms with Crippen molar-refractivity contribution in [3.63, 3.8) is 0 Å². The summed E-state index contributed by atoms with van der Waals surface area (Å²) in [5.41, 5.74) is 3.35. The van der Waals surface area contributed by atoms with Crippen LogP contribution in [-0.2, 0) is 9.59 Å². The molecule has 1 aromatic carbocycles. The van der Waals surface area contributed by atoms with Crippen LogP contribution in [0, 0.1) is 18.3 Å². The smallest absolute Gasteiger partial charge is 0.328 e. The lowest BCUT2D eigenvalue weighted by Crippen LogP contribution is -2.08. The number of nitrogens with one attached hydrogen (secondary N) is 1. The second kappa shape index (κ2) is 8.45. The number of carbonyl (C=O) groups excluding carboxylic acids is 1. The van der Waals surface area contributed by atoms with Crippen LogP contribution >= 0.6 is 11.3 Å². The van der Waals surface area contributed by atoms with E-state index in [1.165, 1.54) is 16.9 Å². The summed E-state index contributed by atoms with van der Waals surface area (Å²) < 4.78 is 0. The molecule has 0 aliphatic rings. The fourth-order valence-electron chi connectivity index (χ4n) is 2.60. The Kier molecular flexibility index (Phi) is 6.31. The van der Waals surface area contributed by atoms with Gasteiger partial charge < -0.3 is 10.4 Å². The van der Waals surface area contributed by atoms with Gasteiger partial charge in [-0.1, -0.05) is 38.1 Å². The van der Waals surface area contributed by atoms with Gasteiger partial charge in [-0.3, -0.25) is 4.79 Å². The number of hydrogen-bond donors (Lipinski definition) is 2. The number of carboxylic acids is 1. The third-order valence-corrected chi connectivity index (χ3v) is 5.21. The summed E-state index contributed by atoms with van der Waals surface area (Å²) in [6.45, 7) is 6.21. The van der Waals surface area contributed by atoms with Gasteiger partial charge in [-0.25, -0.2) is 4.79 Å². The van der Waals surface area contributed by atoms with E-state index in [9.17, 15) is 14.9 Å². The number of thiophene rings is 1. The topological polar surface area (TPSA) is 90.2 Å². The number of nitrogens with zero attached hydrogens (tertiary/aromatic N) is 1. The molecule has 0 radical (unpaired) electrons. The predicted octanol–water partition coefficient (Wildman–Crippen LogP) is 4.69. The molecule has 2 aromatic rings. The zero-order valence-corrected chi connectivity index (χ0v) is 15.7. The molecular weight excluding hydrogens is 348 g/mol. The summed E-state index contributed by atoms with van der Waals surface area (Å²) in [5.74, 6) is -1.31. The lowest BCUT2D eigenvalue weighted by atomic mass is 9.95. The molecule has 0 fully saturated rings. The maximum atomic E-state index is 11.8. The normalized spacial score (nSPS) is 11.9. The van der Waals surface area contributed by atoms with Crippen LogP contribution in [0.5, 0.6) is 0 Å². The molecule has 1 amide bonds. The summed E-state index contributed by atoms with van der Waals surface area (Å²) in [6, 6.07) is 10.3. The van der Waals surface area contributed by atoms with E-state index in [1.54, 1.807) is 0 Å². The molecule has 2 rings (SSSR count). The molecule has 0 saturated heterocycles. The Hall–Kier alpha value is -2.91. The van der Waals surface area contributed by atoms with Crippen LogP contribution in [0.2, 0.25) is 0 Å². The van der Waals surface area contributed by atoms with Crippen LogP contribution in [0.3, 0.4) is 0 Å². The van der Waals surface area contributed by atoms with Gasteiger partial charge in [-0.2, -0.15) is 5.26 Å². The number of aryl methyl sites for hydroxylation is 1. The lowest BCUT2D eigenvalue weighted by molar-refractivity contribution is -0.131. The third-order valence-electron chi connectivity index (χ3n) is 4.19. The predicted molar refractivity (Wildman–Crippen MR) is 103 cm³/mol. The molecule has 0 bridgehead atoms. The number of benzene rings is 1. The van der Waals surface area contributed by atoms with Gasteiger partial charge in [0.1, 0.15) is 11.1 Å². The SMILES string of the molecule is CCC(C)c1ccc(-c2c(C)sc(NC(=O)/C=C/C(=O)O)c2C#N)cc1. The van der Waals surface area contributed by atoms with E-state index in [0.29, 0.717) is 16.5 Å². The average Bonchev–Trinajstić information content (AvgIpc) is 2.94. The second-order valence-electron chi connectivity index (χ2n) is 5.94. The van der Waals surface area contributed by atoms with Crippen LogP contribution in [0.15, 0.2) is 36.4 Å². The van der Waals surface area contributed by atoms with E-state index in [-0.39, 0.29) is 0 Å². The molecule has 2 N–H and O–H groups in total. The van der Waals surface area contributed by atoms with E-state index in [2.05, 4.69) is 37.4 Å². The van der Waals surface area contributed by atoms with E-state index in [1.807, 2.05) is 19.1 Å². The van der Waals surface area contributed by atoms with Crippen LogP contribution < -0.4 is 5.32 Å². The van der Waals surface area contributed by atoms with Crippen LogP contribution in [0.1, 0.15) is 42.2 Å². The maximum Gasteiger partial charge on any atom is 0.328 e. The van der Waals surface area contributed by atoms with Crippen LogP contribution in [-0.4, -0.2) is 17.0 Å². The standard InChI is InChI=1S/C20H20N2O3S/c1-4-12(2)14-5-7-15(8-6-14)19-13(3)26-20(16(19)11-21)22-17(23)9-10-18(24)25/h5-10,12H,4H2,1-3H3,(H,22,23)(H,24,25)/b10-9+. The van der Waals surface area contributed by atoms with Gasteiger partial charge in [0.25, 0.3) is 0 Å². The first kappa shape index (κ1) is 19.4. The Morgan fingerprint density at radius 3 is 2.50 bits per heavy atom. The fourth-order valence-corrected chi connectivity index (χ4v) is 3.63. The molecule has 5 nitrogen and oxygen atoms in total. The number of anilines is 1. The monoisotopic (exact) mass is 368 g/mol. The first-order valence-electron chi connectivity index (χ1n) is 8.23. The Labute approximate surface area is 156 Å². The van der Waals surface area contributed by atoms with Gasteiger partial charge in [0.05, 0.1) is 5.56 Å². The highest BCUT2D eigenvalue weighted by Crippen LogP contribution is 2.39. The van der Waals surface area contributed by atoms with Gasteiger partial charge in [-0.05, 0) is 30.4 Å². The first-order chi connectivity index (χ1) is 12.4. The number of amides is 1. The number of nitriles is 1. The zero-order valence-electron chi connectivity index (χ0n) is 14.9. The molecular formula is C20H20N2O3S. The van der Waals surface area contributed by atoms with Crippen molar-refractivity contribution in [2.75, 3.05) is 5.32 Å². The summed E-state index contributed by atoms with van der Waals surface area (Å²) in [7, 11) is 0. The Bertz CT molecular complexity index is 889. The summed E-state index contributed by atoms with van der Waals surface area (Å²) >= 11 is 1.30. The third kappa shape index (κ3) is 4.38. The molecule has 0 aliphatic heterocycles. The molecule has 1 aromatic heterocycles. The fraction of sp³-hybridized carbons (Fsp3) is 0.250. The Morgan fingerprint density at radius 2 is 1.96 bits per heavy atom. The number of carbonyl (C=O) groups is 2. The number of hydrogen-bond acceptors (Lipinski definition) is 4. The molecule has 1 heterocycles. The molecule has 134 valence electrons. The van der Waals surface area contributed by atoms with E-state index in [0.717, 1.165) is 34.6 Å². The second-order valence-corrected chi connectivity index (χ2v) is 7.17. The van der Waals surface area contributed by atoms with Crippen molar-refractivity contribution in [2.45, 2.75) is 33.1 Å². The molecule has 0 saturated carbocycles. The highest BCUT2D eigenvalue weighted by molar-refractivity contribution is 7.17. The molecule has 0 aliphatic carbocycles. The van der Waals surface area contributed by atoms with Crippen LogP contribution in [0.25, 0.3) is 11.1 Å². The molecule has 0 spiro atoms. The van der Waals surface area contributed by atoms with Crippen molar-refractivity contribution in [3.8, 4) is 17.2 Å². The van der Waals surface area contributed by atoms with Gasteiger partial charge in [-0.15, -0.1) is 11.3 Å². The van der Waals surface area contributed by atoms with Gasteiger partial charge in [0, 0.05) is 22.6 Å². The van der Waals surface area contributed by atoms with Crippen LogP contribution in [0.4, 0.5) is 5.00 Å². The minimum absolute atomic E-state index is 0.390. The van der Waals surface area contributed by atoms with Gasteiger partial charge in [0.15, 0.2) is 0 Å². The van der Waals surface area contributed by atoms with Crippen molar-refractivity contribution in [2.24, 2.45) is 0 Å². The molecule has 1 atom stereocenters. The first-order valence-corrected chi connectivity index (χ1v) is 9.04. The molecule has 26 heavy (non-hydrogen) atoms. The van der Waals surface area contributed by atoms with Crippen molar-refractivity contribution >= 4 is 28.2 Å². The summed E-state index contributed by atoms with van der Waals surface area (Å²) in [5, 5.41) is 21.2. The minimum Gasteiger partial charge on any atom is -0.478 e. The van der Waals surface area contributed by atoms with E-state index < -0.39 is 11.9 Å². The summed E-state index contributed by atoms with van der Waals surface area (Å²) in [6.07, 6.45) is 2.75. The number of carboxylic acid groups (broad SMARTS) is 1. The quantitative estimate of drug-likeness (QED) is 0.724. The van der Waals surface area contributed by atoms with Crippen molar-refractivity contribution in [1.82, 2.24) is 0 Å². The highest BCUT2D eigenvalue weighted by Gasteiger charge is 2.18. The van der Waals surface area contributed by atoms with Gasteiger partial charge >= 0.3 is 5.97 Å². The Balaban J connectivity index is 2.36. The van der Waals surface area contributed by atoms with E-state index in [4.69, 9.17) is 5.11 Å². The lowest BCUT2D eigenvalue weighted by Gasteiger charge is -2.10. The Morgan fingerprint density at radius 1 is 1.31 bits per heavy atom. The number of rotatable bonds is 6. The minimum atomic E-state index is -1.20. The molecule has 6 heteroatoms. The summed E-state index contributed by atoms with van der Waals surface area (Å²) in [4.78, 5) is 23.2. The van der Waals surface area contributed by atoms with Crippen molar-refractivity contribution in [1.29, 1.82) is 5.26 Å². The average molecular weight is 368 g/mol. The van der Waals surface area contributed by atoms with Gasteiger partial charge in [0.2, 0.25) is 5.91 Å². The zero-order chi connectivity index (χ0) is 19.3. The molecule has 1 unspecified atom stereocenters. The maximum absolute atomic E-state index is 11.8. The van der Waals surface area contributed by atoms with Crippen molar-refractivity contribution in [3.05, 3.63) is 52.4 Å². The van der Waals surface area contributed by atoms with E-state index >= 15 is 0 Å². The highest BCUT2D eigenvalue weighted by atomic mass is 32.1.